The zero-order valence-corrected chi connectivity index (χ0v) is 32.5. The second kappa shape index (κ2) is 30.4. The first-order chi connectivity index (χ1) is 23.9. The Kier molecular flexibility index (Phi) is 27.7. The van der Waals surface area contributed by atoms with Crippen LogP contribution in [-0.4, -0.2) is 42.4 Å². The number of rotatable bonds is 33. The number of nitrogens with zero attached hydrogens (tertiary/aromatic N) is 1. The van der Waals surface area contributed by atoms with Crippen LogP contribution in [0.15, 0.2) is 60.6 Å². The van der Waals surface area contributed by atoms with Crippen LogP contribution in [0, 0.1) is 0 Å². The molecule has 280 valence electrons. The minimum atomic E-state index is -1.80. The Hall–Kier alpha value is -2.40. The molecule has 0 bridgehead atoms. The maximum atomic E-state index is 13.6. The number of carbonyl (C=O) groups is 2. The van der Waals surface area contributed by atoms with E-state index in [2.05, 4.69) is 69.4 Å². The molecule has 0 N–H and O–H groups in total. The summed E-state index contributed by atoms with van der Waals surface area (Å²) < 4.78 is 12.1. The fourth-order valence-electron chi connectivity index (χ4n) is 6.25. The first kappa shape index (κ1) is 44.6. The average Bonchev–Trinajstić information content (AvgIpc) is 3.54. The number of likely N-dealkylation sites (N-methyl/N-ethyl adjacent to an activating group) is 1. The van der Waals surface area contributed by atoms with Gasteiger partial charge in [-0.3, -0.25) is 14.5 Å². The third-order valence-corrected chi connectivity index (χ3v) is 9.38. The van der Waals surface area contributed by atoms with Gasteiger partial charge in [0.15, 0.2) is 5.76 Å². The Morgan fingerprint density at radius 1 is 0.592 bits per heavy atom. The first-order valence-corrected chi connectivity index (χ1v) is 20.3. The summed E-state index contributed by atoms with van der Waals surface area (Å²) in [7, 11) is 3.96. The maximum Gasteiger partial charge on any atom is 0.372 e. The van der Waals surface area contributed by atoms with Crippen molar-refractivity contribution in [3.05, 3.63) is 60.6 Å². The molecule has 5 heteroatoms. The van der Waals surface area contributed by atoms with Crippen molar-refractivity contribution in [1.82, 2.24) is 4.90 Å². The molecule has 49 heavy (non-hydrogen) atoms. The third-order valence-electron chi connectivity index (χ3n) is 9.38. The zero-order valence-electron chi connectivity index (χ0n) is 32.5. The van der Waals surface area contributed by atoms with E-state index in [1.165, 1.54) is 70.5 Å². The molecule has 1 rings (SSSR count). The Bertz CT molecular complexity index is 931. The summed E-state index contributed by atoms with van der Waals surface area (Å²) in [6, 6.07) is -0.0331. The van der Waals surface area contributed by atoms with E-state index in [-0.39, 0.29) is 17.6 Å². The Balaban J connectivity index is 2.40. The quantitative estimate of drug-likeness (QED) is 0.0392. The zero-order chi connectivity index (χ0) is 35.8. The van der Waals surface area contributed by atoms with E-state index in [1.54, 1.807) is 0 Å². The molecule has 5 nitrogen and oxygen atoms in total. The normalized spacial score (nSPS) is 15.2. The standard InChI is InChI=1S/C44H75NO4/c1-6-9-11-13-15-17-19-21-23-25-27-29-31-33-35-37-42(46)44(48-39-41(49-44)40(8-3)45(4)5)43(47)38-36-34-32-30-28-26-24-22-20-18-16-14-12-10-7-2/h15-18,21-24,39-40H,6-14,19-20,25-38H2,1-5H3/b17-15-,18-16-,23-21-,24-22-. The molecule has 0 saturated heterocycles. The lowest BCUT2D eigenvalue weighted by molar-refractivity contribution is -0.186. The molecule has 1 atom stereocenters. The van der Waals surface area contributed by atoms with Gasteiger partial charge in [-0.2, -0.15) is 0 Å². The van der Waals surface area contributed by atoms with Gasteiger partial charge in [-0.25, -0.2) is 0 Å². The number of ether oxygens (including phenoxy) is 2. The molecule has 0 aromatic heterocycles. The van der Waals surface area contributed by atoms with E-state index in [1.807, 2.05) is 19.0 Å². The second-order valence-electron chi connectivity index (χ2n) is 14.1. The maximum absolute atomic E-state index is 13.6. The van der Waals surface area contributed by atoms with Crippen LogP contribution in [0.5, 0.6) is 0 Å². The predicted molar refractivity (Wildman–Crippen MR) is 209 cm³/mol. The van der Waals surface area contributed by atoms with Crippen molar-refractivity contribution in [3.8, 4) is 0 Å². The van der Waals surface area contributed by atoms with Gasteiger partial charge in [0.1, 0.15) is 6.26 Å². The SMILES string of the molecule is CCCCC/C=C\C/C=C\CCCCCCCC(=O)C1(C(=O)CCCCCCC/C=C\C/C=C\CCCCC)OC=C(C(CC)N(C)C)O1. The van der Waals surface area contributed by atoms with Crippen LogP contribution < -0.4 is 0 Å². The van der Waals surface area contributed by atoms with Crippen molar-refractivity contribution in [2.75, 3.05) is 14.1 Å². The number of carbonyl (C=O) groups excluding carboxylic acids is 2. The largest absolute Gasteiger partial charge is 0.444 e. The van der Waals surface area contributed by atoms with Crippen molar-refractivity contribution in [2.45, 2.75) is 193 Å². The molecule has 0 spiro atoms. The molecule has 1 aliphatic rings. The van der Waals surface area contributed by atoms with Crippen molar-refractivity contribution in [3.63, 3.8) is 0 Å². The van der Waals surface area contributed by atoms with Crippen LogP contribution in [0.2, 0.25) is 0 Å². The molecule has 0 aromatic carbocycles. The van der Waals surface area contributed by atoms with E-state index in [0.29, 0.717) is 18.6 Å². The smallest absolute Gasteiger partial charge is 0.372 e. The monoisotopic (exact) mass is 682 g/mol. The lowest BCUT2D eigenvalue weighted by atomic mass is 9.96. The fraction of sp³-hybridized carbons (Fsp3) is 0.727. The van der Waals surface area contributed by atoms with E-state index in [0.717, 1.165) is 83.5 Å². The molecule has 0 aromatic rings. The van der Waals surface area contributed by atoms with Crippen molar-refractivity contribution in [2.24, 2.45) is 0 Å². The van der Waals surface area contributed by atoms with Gasteiger partial charge >= 0.3 is 5.79 Å². The minimum absolute atomic E-state index is 0.0331. The van der Waals surface area contributed by atoms with E-state index in [9.17, 15) is 9.59 Å². The highest BCUT2D eigenvalue weighted by Gasteiger charge is 2.53. The Morgan fingerprint density at radius 3 is 1.37 bits per heavy atom. The molecule has 0 aliphatic carbocycles. The van der Waals surface area contributed by atoms with Crippen LogP contribution in [0.3, 0.4) is 0 Å². The summed E-state index contributed by atoms with van der Waals surface area (Å²) >= 11 is 0. The van der Waals surface area contributed by atoms with Gasteiger partial charge in [-0.15, -0.1) is 0 Å². The number of hydrogen-bond acceptors (Lipinski definition) is 5. The summed E-state index contributed by atoms with van der Waals surface area (Å²) in [5.74, 6) is -1.69. The molecule has 0 saturated carbocycles. The lowest BCUT2D eigenvalue weighted by Gasteiger charge is -2.29. The Labute approximate surface area is 302 Å². The van der Waals surface area contributed by atoms with Gasteiger partial charge < -0.3 is 9.47 Å². The van der Waals surface area contributed by atoms with Crippen molar-refractivity contribution < 1.29 is 19.1 Å². The number of unbranched alkanes of at least 4 members (excludes halogenated alkanes) is 16. The summed E-state index contributed by atoms with van der Waals surface area (Å²) in [6.45, 7) is 6.56. The molecular weight excluding hydrogens is 606 g/mol. The van der Waals surface area contributed by atoms with E-state index in [4.69, 9.17) is 9.47 Å². The second-order valence-corrected chi connectivity index (χ2v) is 14.1. The minimum Gasteiger partial charge on any atom is -0.444 e. The fourth-order valence-corrected chi connectivity index (χ4v) is 6.25. The van der Waals surface area contributed by atoms with Crippen LogP contribution in [0.4, 0.5) is 0 Å². The van der Waals surface area contributed by atoms with Crippen LogP contribution >= 0.6 is 0 Å². The number of hydrogen-bond donors (Lipinski definition) is 0. The van der Waals surface area contributed by atoms with Crippen LogP contribution in [0.1, 0.15) is 181 Å². The number of ketones is 2. The topological polar surface area (TPSA) is 55.8 Å². The van der Waals surface area contributed by atoms with Gasteiger partial charge in [-0.05, 0) is 97.6 Å². The van der Waals surface area contributed by atoms with E-state index >= 15 is 0 Å². The molecule has 1 aliphatic heterocycles. The highest BCUT2D eigenvalue weighted by molar-refractivity contribution is 6.09. The lowest BCUT2D eigenvalue weighted by Crippen LogP contribution is -2.49. The van der Waals surface area contributed by atoms with Crippen LogP contribution in [-0.2, 0) is 19.1 Å². The van der Waals surface area contributed by atoms with Gasteiger partial charge in [0.2, 0.25) is 11.6 Å². The summed E-state index contributed by atoms with van der Waals surface area (Å²) in [6.07, 6.45) is 45.9. The summed E-state index contributed by atoms with van der Waals surface area (Å²) in [5, 5.41) is 0. The van der Waals surface area contributed by atoms with Crippen molar-refractivity contribution >= 4 is 11.6 Å². The van der Waals surface area contributed by atoms with Gasteiger partial charge in [0, 0.05) is 12.8 Å². The van der Waals surface area contributed by atoms with Gasteiger partial charge in [-0.1, -0.05) is 134 Å². The van der Waals surface area contributed by atoms with Crippen molar-refractivity contribution in [1.29, 1.82) is 0 Å². The third kappa shape index (κ3) is 20.8. The highest BCUT2D eigenvalue weighted by Crippen LogP contribution is 2.34. The first-order valence-electron chi connectivity index (χ1n) is 20.3. The summed E-state index contributed by atoms with van der Waals surface area (Å²) in [4.78, 5) is 29.2. The molecule has 1 heterocycles. The van der Waals surface area contributed by atoms with E-state index < -0.39 is 5.79 Å². The average molecular weight is 682 g/mol. The molecule has 0 radical (unpaired) electrons. The molecule has 0 fully saturated rings. The van der Waals surface area contributed by atoms with Gasteiger partial charge in [0.05, 0.1) is 6.04 Å². The Morgan fingerprint density at radius 2 is 0.980 bits per heavy atom. The predicted octanol–water partition coefficient (Wildman–Crippen LogP) is 12.7. The molecule has 1 unspecified atom stereocenters. The van der Waals surface area contributed by atoms with Crippen LogP contribution in [0.25, 0.3) is 0 Å². The molecule has 0 amide bonds. The highest BCUT2D eigenvalue weighted by atomic mass is 16.7. The van der Waals surface area contributed by atoms with Gasteiger partial charge in [0.25, 0.3) is 0 Å². The molecular formula is C44H75NO4. The number of Topliss-reactive ketones (excluding diaryl/α,β-unsaturated/α-hetero) is 2. The summed E-state index contributed by atoms with van der Waals surface area (Å²) in [5.41, 5.74) is 0. The number of allylic oxidation sites excluding steroid dienone is 8.